The lowest BCUT2D eigenvalue weighted by atomic mass is 10.1. The lowest BCUT2D eigenvalue weighted by molar-refractivity contribution is 0.0698. The molecule has 0 amide bonds. The van der Waals surface area contributed by atoms with Gasteiger partial charge < -0.3 is 26.0 Å². The van der Waals surface area contributed by atoms with Gasteiger partial charge >= 0.3 is 5.97 Å². The van der Waals surface area contributed by atoms with Crippen molar-refractivity contribution in [2.45, 2.75) is 20.0 Å². The van der Waals surface area contributed by atoms with Crippen LogP contribution in [-0.4, -0.2) is 40.5 Å². The molecule has 0 aliphatic rings. The van der Waals surface area contributed by atoms with E-state index >= 15 is 0 Å². The van der Waals surface area contributed by atoms with Crippen LogP contribution in [0, 0.1) is 13.8 Å². The molecule has 6 nitrogen and oxygen atoms in total. The van der Waals surface area contributed by atoms with Gasteiger partial charge in [0.15, 0.2) is 0 Å². The number of nitrogens with one attached hydrogen (secondary N) is 2. The number of hydrogen-bond acceptors (Lipinski definition) is 5. The number of aliphatic hydroxyl groups is 2. The van der Waals surface area contributed by atoms with Crippen molar-refractivity contribution in [3.8, 4) is 0 Å². The van der Waals surface area contributed by atoms with Gasteiger partial charge in [0.05, 0.1) is 29.6 Å². The zero-order valence-electron chi connectivity index (χ0n) is 13.7. The molecule has 128 valence electrons. The zero-order valence-corrected chi connectivity index (χ0v) is 13.7. The SMILES string of the molecule is Cc1cc(C)cc(Nc2c(NCC(O)CO)cccc2C(=O)O)c1. The Hall–Kier alpha value is -2.57. The number of carbonyl (C=O) groups is 1. The average Bonchev–Trinajstić information content (AvgIpc) is 2.52. The number of aromatic carboxylic acids is 1. The molecule has 2 aromatic rings. The number of anilines is 3. The topological polar surface area (TPSA) is 102 Å². The normalized spacial score (nSPS) is 11.8. The number of para-hydroxylation sites is 1. The number of carboxylic acids is 1. The van der Waals surface area contributed by atoms with Gasteiger partial charge in [-0.2, -0.15) is 0 Å². The Morgan fingerprint density at radius 1 is 1.17 bits per heavy atom. The molecule has 0 radical (unpaired) electrons. The number of aryl methyl sites for hydroxylation is 2. The molecule has 0 aromatic heterocycles. The highest BCUT2D eigenvalue weighted by atomic mass is 16.4. The maximum atomic E-state index is 11.5. The molecule has 0 bridgehead atoms. The van der Waals surface area contributed by atoms with Gasteiger partial charge in [-0.25, -0.2) is 4.79 Å². The van der Waals surface area contributed by atoms with Gasteiger partial charge in [-0.1, -0.05) is 12.1 Å². The monoisotopic (exact) mass is 330 g/mol. The van der Waals surface area contributed by atoms with Crippen molar-refractivity contribution < 1.29 is 20.1 Å². The van der Waals surface area contributed by atoms with Crippen molar-refractivity contribution >= 4 is 23.0 Å². The summed E-state index contributed by atoms with van der Waals surface area (Å²) in [6, 6.07) is 10.8. The first-order chi connectivity index (χ1) is 11.4. The summed E-state index contributed by atoms with van der Waals surface area (Å²) >= 11 is 0. The molecule has 5 N–H and O–H groups in total. The van der Waals surface area contributed by atoms with Crippen LogP contribution >= 0.6 is 0 Å². The Morgan fingerprint density at radius 3 is 2.42 bits per heavy atom. The fourth-order valence-electron chi connectivity index (χ4n) is 2.50. The lowest BCUT2D eigenvalue weighted by Gasteiger charge is -2.18. The number of benzene rings is 2. The van der Waals surface area contributed by atoms with Gasteiger partial charge in [-0.15, -0.1) is 0 Å². The largest absolute Gasteiger partial charge is 0.478 e. The van der Waals surface area contributed by atoms with Crippen LogP contribution < -0.4 is 10.6 Å². The third-order valence-corrected chi connectivity index (χ3v) is 3.52. The summed E-state index contributed by atoms with van der Waals surface area (Å²) < 4.78 is 0. The molecule has 0 fully saturated rings. The van der Waals surface area contributed by atoms with Crippen molar-refractivity contribution in [3.63, 3.8) is 0 Å². The molecule has 0 heterocycles. The molecule has 0 aliphatic heterocycles. The maximum absolute atomic E-state index is 11.5. The van der Waals surface area contributed by atoms with Gasteiger partial charge in [-0.3, -0.25) is 0 Å². The third kappa shape index (κ3) is 4.47. The van der Waals surface area contributed by atoms with Crippen molar-refractivity contribution in [1.82, 2.24) is 0 Å². The van der Waals surface area contributed by atoms with E-state index in [4.69, 9.17) is 5.11 Å². The number of rotatable bonds is 7. The summed E-state index contributed by atoms with van der Waals surface area (Å²) in [5.41, 5.74) is 4.00. The predicted molar refractivity (Wildman–Crippen MR) is 94.2 cm³/mol. The third-order valence-electron chi connectivity index (χ3n) is 3.52. The Labute approximate surface area is 140 Å². The summed E-state index contributed by atoms with van der Waals surface area (Å²) in [7, 11) is 0. The van der Waals surface area contributed by atoms with Crippen LogP contribution in [0.1, 0.15) is 21.5 Å². The highest BCUT2D eigenvalue weighted by Crippen LogP contribution is 2.30. The first-order valence-corrected chi connectivity index (χ1v) is 7.65. The molecule has 1 unspecified atom stereocenters. The number of carboxylic acid groups (broad SMARTS) is 1. The highest BCUT2D eigenvalue weighted by molar-refractivity contribution is 5.99. The van der Waals surface area contributed by atoms with Crippen LogP contribution in [0.4, 0.5) is 17.1 Å². The minimum Gasteiger partial charge on any atom is -0.478 e. The summed E-state index contributed by atoms with van der Waals surface area (Å²) in [6.45, 7) is 3.68. The van der Waals surface area contributed by atoms with Crippen molar-refractivity contribution in [1.29, 1.82) is 0 Å². The first kappa shape index (κ1) is 17.8. The second-order valence-electron chi connectivity index (χ2n) is 5.75. The quantitative estimate of drug-likeness (QED) is 0.535. The fourth-order valence-corrected chi connectivity index (χ4v) is 2.50. The Bertz CT molecular complexity index is 711. The molecule has 0 saturated heterocycles. The van der Waals surface area contributed by atoms with Crippen molar-refractivity contribution in [3.05, 3.63) is 53.1 Å². The molecular weight excluding hydrogens is 308 g/mol. The van der Waals surface area contributed by atoms with Gasteiger partial charge in [0, 0.05) is 12.2 Å². The highest BCUT2D eigenvalue weighted by Gasteiger charge is 2.15. The molecule has 2 rings (SSSR count). The Morgan fingerprint density at radius 2 is 1.83 bits per heavy atom. The summed E-state index contributed by atoms with van der Waals surface area (Å²) in [5.74, 6) is -1.05. The predicted octanol–water partition coefficient (Wildman–Crippen LogP) is 2.51. The molecule has 2 aromatic carbocycles. The molecule has 0 saturated carbocycles. The van der Waals surface area contributed by atoms with Crippen molar-refractivity contribution in [2.75, 3.05) is 23.8 Å². The van der Waals surface area contributed by atoms with E-state index in [-0.39, 0.29) is 18.7 Å². The summed E-state index contributed by atoms with van der Waals surface area (Å²) in [5, 5.41) is 34.0. The van der Waals surface area contributed by atoms with Gasteiger partial charge in [-0.05, 0) is 49.2 Å². The minimum atomic E-state index is -1.05. The summed E-state index contributed by atoms with van der Waals surface area (Å²) in [6.07, 6.45) is -0.924. The fraction of sp³-hybridized carbons (Fsp3) is 0.278. The van der Waals surface area contributed by atoms with Gasteiger partial charge in [0.25, 0.3) is 0 Å². The summed E-state index contributed by atoms with van der Waals surface area (Å²) in [4.78, 5) is 11.5. The van der Waals surface area contributed by atoms with E-state index in [2.05, 4.69) is 10.6 Å². The van der Waals surface area contributed by atoms with E-state index < -0.39 is 12.1 Å². The van der Waals surface area contributed by atoms with Crippen LogP contribution in [-0.2, 0) is 0 Å². The molecule has 0 aliphatic carbocycles. The van der Waals surface area contributed by atoms with E-state index in [1.54, 1.807) is 12.1 Å². The second kappa shape index (κ2) is 7.81. The van der Waals surface area contributed by atoms with Crippen LogP contribution in [0.25, 0.3) is 0 Å². The number of hydrogen-bond donors (Lipinski definition) is 5. The van der Waals surface area contributed by atoms with E-state index in [0.29, 0.717) is 11.4 Å². The smallest absolute Gasteiger partial charge is 0.337 e. The van der Waals surface area contributed by atoms with Crippen LogP contribution in [0.3, 0.4) is 0 Å². The molecule has 1 atom stereocenters. The molecule has 6 heteroatoms. The zero-order chi connectivity index (χ0) is 17.7. The second-order valence-corrected chi connectivity index (χ2v) is 5.75. The first-order valence-electron chi connectivity index (χ1n) is 7.65. The molecule has 24 heavy (non-hydrogen) atoms. The lowest BCUT2D eigenvalue weighted by Crippen LogP contribution is -2.23. The van der Waals surface area contributed by atoms with E-state index in [1.165, 1.54) is 6.07 Å². The maximum Gasteiger partial charge on any atom is 0.337 e. The Balaban J connectivity index is 2.38. The van der Waals surface area contributed by atoms with Crippen LogP contribution in [0.15, 0.2) is 36.4 Å². The van der Waals surface area contributed by atoms with Crippen LogP contribution in [0.5, 0.6) is 0 Å². The molecule has 0 spiro atoms. The van der Waals surface area contributed by atoms with Crippen LogP contribution in [0.2, 0.25) is 0 Å². The van der Waals surface area contributed by atoms with E-state index in [9.17, 15) is 15.0 Å². The molecular formula is C18H22N2O4. The Kier molecular flexibility index (Phi) is 5.78. The van der Waals surface area contributed by atoms with E-state index in [1.807, 2.05) is 32.0 Å². The van der Waals surface area contributed by atoms with E-state index in [0.717, 1.165) is 16.8 Å². The van der Waals surface area contributed by atoms with Gasteiger partial charge in [0.2, 0.25) is 0 Å². The standard InChI is InChI=1S/C18H22N2O4/c1-11-6-12(2)8-13(7-11)20-17-15(18(23)24)4-3-5-16(17)19-9-14(22)10-21/h3-8,14,19-22H,9-10H2,1-2H3,(H,23,24). The average molecular weight is 330 g/mol. The minimum absolute atomic E-state index is 0.112. The van der Waals surface area contributed by atoms with Gasteiger partial charge in [0.1, 0.15) is 0 Å². The van der Waals surface area contributed by atoms with Crippen molar-refractivity contribution in [2.24, 2.45) is 0 Å². The number of aliphatic hydroxyl groups excluding tert-OH is 2.